The molecule has 0 unspecified atom stereocenters. The van der Waals surface area contributed by atoms with E-state index in [-0.39, 0.29) is 5.82 Å². The van der Waals surface area contributed by atoms with Gasteiger partial charge in [-0.05, 0) is 13.8 Å². The van der Waals surface area contributed by atoms with E-state index in [1.165, 1.54) is 0 Å². The molecule has 15 heavy (non-hydrogen) atoms. The van der Waals surface area contributed by atoms with Gasteiger partial charge in [-0.1, -0.05) is 0 Å². The van der Waals surface area contributed by atoms with Crippen molar-refractivity contribution in [1.29, 1.82) is 0 Å². The van der Waals surface area contributed by atoms with Crippen molar-refractivity contribution in [1.82, 2.24) is 20.2 Å². The van der Waals surface area contributed by atoms with Crippen LogP contribution < -0.4 is 5.32 Å². The number of hydrogen-bond donors (Lipinski definition) is 2. The summed E-state index contributed by atoms with van der Waals surface area (Å²) in [5, 5.41) is 9.43. The minimum atomic E-state index is -0.499. The molecule has 0 aliphatic carbocycles. The van der Waals surface area contributed by atoms with Crippen LogP contribution in [0.25, 0.3) is 0 Å². The molecule has 2 N–H and O–H groups in total. The molecule has 0 aliphatic heterocycles. The minimum absolute atomic E-state index is 0.133. The molecule has 0 spiro atoms. The quantitative estimate of drug-likeness (QED) is 0.786. The van der Waals surface area contributed by atoms with Crippen molar-refractivity contribution in [3.63, 3.8) is 0 Å². The zero-order chi connectivity index (χ0) is 10.8. The number of anilines is 2. The van der Waals surface area contributed by atoms with Gasteiger partial charge in [0.1, 0.15) is 5.82 Å². The molecular weight excluding hydrogens is 197 g/mol. The average molecular weight is 207 g/mol. The first kappa shape index (κ1) is 9.57. The molecule has 6 heteroatoms. The molecule has 2 rings (SSSR count). The Morgan fingerprint density at radius 1 is 1.40 bits per heavy atom. The van der Waals surface area contributed by atoms with Crippen LogP contribution in [0, 0.1) is 19.7 Å². The Kier molecular flexibility index (Phi) is 2.32. The number of aromatic nitrogens is 4. The summed E-state index contributed by atoms with van der Waals surface area (Å²) in [6.07, 6.45) is 1.13. The van der Waals surface area contributed by atoms with Crippen molar-refractivity contribution < 1.29 is 4.39 Å². The third-order valence-electron chi connectivity index (χ3n) is 1.82. The lowest BCUT2D eigenvalue weighted by molar-refractivity contribution is 0.616. The Labute approximate surface area is 85.8 Å². The molecule has 0 aromatic carbocycles. The lowest BCUT2D eigenvalue weighted by Crippen LogP contribution is -2.00. The van der Waals surface area contributed by atoms with E-state index in [9.17, 15) is 4.39 Å². The van der Waals surface area contributed by atoms with Crippen LogP contribution in [-0.4, -0.2) is 20.2 Å². The van der Waals surface area contributed by atoms with Gasteiger partial charge in [0.05, 0.1) is 6.20 Å². The van der Waals surface area contributed by atoms with Gasteiger partial charge in [-0.3, -0.25) is 5.10 Å². The number of nitrogens with zero attached hydrogens (tertiary/aromatic N) is 3. The number of hydrogen-bond acceptors (Lipinski definition) is 4. The predicted molar refractivity (Wildman–Crippen MR) is 53.3 cm³/mol. The second-order valence-corrected chi connectivity index (χ2v) is 3.17. The van der Waals surface area contributed by atoms with Crippen LogP contribution in [0.15, 0.2) is 12.3 Å². The highest BCUT2D eigenvalue weighted by Crippen LogP contribution is 2.15. The Balaban J connectivity index is 2.27. The lowest BCUT2D eigenvalue weighted by atomic mass is 10.4. The standard InChI is InChI=1S/C9H10FN5/c1-5-3-8(15-14-5)13-9-7(10)4-11-6(2)12-9/h3-4H,1-2H3,(H2,11,12,13,14,15). The zero-order valence-corrected chi connectivity index (χ0v) is 8.37. The smallest absolute Gasteiger partial charge is 0.184 e. The van der Waals surface area contributed by atoms with Crippen LogP contribution in [0.3, 0.4) is 0 Å². The van der Waals surface area contributed by atoms with Crippen molar-refractivity contribution in [2.75, 3.05) is 5.32 Å². The van der Waals surface area contributed by atoms with Crippen LogP contribution in [0.1, 0.15) is 11.5 Å². The van der Waals surface area contributed by atoms with Crippen molar-refractivity contribution in [3.05, 3.63) is 29.6 Å². The first-order chi connectivity index (χ1) is 7.15. The average Bonchev–Trinajstić information content (AvgIpc) is 2.58. The summed E-state index contributed by atoms with van der Waals surface area (Å²) in [6.45, 7) is 3.56. The Hall–Kier alpha value is -1.98. The van der Waals surface area contributed by atoms with Crippen LogP contribution in [0.2, 0.25) is 0 Å². The van der Waals surface area contributed by atoms with Gasteiger partial charge in [0.15, 0.2) is 17.5 Å². The van der Waals surface area contributed by atoms with E-state index in [2.05, 4.69) is 25.5 Å². The molecule has 0 bridgehead atoms. The Morgan fingerprint density at radius 2 is 2.20 bits per heavy atom. The molecule has 0 atom stereocenters. The fraction of sp³-hybridized carbons (Fsp3) is 0.222. The van der Waals surface area contributed by atoms with E-state index in [1.54, 1.807) is 13.0 Å². The van der Waals surface area contributed by atoms with E-state index in [4.69, 9.17) is 0 Å². The van der Waals surface area contributed by atoms with Crippen molar-refractivity contribution >= 4 is 11.6 Å². The van der Waals surface area contributed by atoms with Gasteiger partial charge in [0.2, 0.25) is 0 Å². The summed E-state index contributed by atoms with van der Waals surface area (Å²) in [7, 11) is 0. The molecule has 2 heterocycles. The summed E-state index contributed by atoms with van der Waals surface area (Å²) in [5.41, 5.74) is 0.892. The fourth-order valence-corrected chi connectivity index (χ4v) is 1.15. The van der Waals surface area contributed by atoms with Crippen molar-refractivity contribution in [2.45, 2.75) is 13.8 Å². The molecule has 0 saturated heterocycles. The molecule has 0 aliphatic rings. The van der Waals surface area contributed by atoms with Gasteiger partial charge in [0.25, 0.3) is 0 Å². The van der Waals surface area contributed by atoms with Crippen LogP contribution >= 0.6 is 0 Å². The molecule has 0 fully saturated rings. The second kappa shape index (κ2) is 3.64. The fourth-order valence-electron chi connectivity index (χ4n) is 1.15. The van der Waals surface area contributed by atoms with E-state index in [1.807, 2.05) is 6.92 Å². The first-order valence-electron chi connectivity index (χ1n) is 4.43. The third-order valence-corrected chi connectivity index (χ3v) is 1.82. The van der Waals surface area contributed by atoms with Gasteiger partial charge >= 0.3 is 0 Å². The molecule has 2 aromatic rings. The van der Waals surface area contributed by atoms with Gasteiger partial charge in [-0.25, -0.2) is 14.4 Å². The van der Waals surface area contributed by atoms with Crippen LogP contribution in [-0.2, 0) is 0 Å². The van der Waals surface area contributed by atoms with Crippen LogP contribution in [0.4, 0.5) is 16.0 Å². The summed E-state index contributed by atoms with van der Waals surface area (Å²) in [4.78, 5) is 7.66. The Morgan fingerprint density at radius 3 is 2.87 bits per heavy atom. The number of H-pyrrole nitrogens is 1. The molecule has 2 aromatic heterocycles. The number of aryl methyl sites for hydroxylation is 2. The molecule has 5 nitrogen and oxygen atoms in total. The molecule has 0 radical (unpaired) electrons. The molecular formula is C9H10FN5. The summed E-state index contributed by atoms with van der Waals surface area (Å²) >= 11 is 0. The van der Waals surface area contributed by atoms with Gasteiger partial charge in [-0.2, -0.15) is 5.10 Å². The van der Waals surface area contributed by atoms with Crippen molar-refractivity contribution in [3.8, 4) is 0 Å². The van der Waals surface area contributed by atoms with Crippen LogP contribution in [0.5, 0.6) is 0 Å². The normalized spacial score (nSPS) is 10.3. The molecule has 78 valence electrons. The molecule has 0 saturated carbocycles. The van der Waals surface area contributed by atoms with E-state index >= 15 is 0 Å². The highest BCUT2D eigenvalue weighted by molar-refractivity contribution is 5.51. The maximum absolute atomic E-state index is 13.2. The molecule has 0 amide bonds. The maximum atomic E-state index is 13.2. The summed E-state index contributed by atoms with van der Waals surface area (Å²) in [6, 6.07) is 1.76. The minimum Gasteiger partial charge on any atom is -0.321 e. The maximum Gasteiger partial charge on any atom is 0.184 e. The Bertz CT molecular complexity index is 479. The van der Waals surface area contributed by atoms with E-state index in [0.717, 1.165) is 11.9 Å². The zero-order valence-electron chi connectivity index (χ0n) is 8.37. The topological polar surface area (TPSA) is 66.5 Å². The van der Waals surface area contributed by atoms with Crippen molar-refractivity contribution in [2.24, 2.45) is 0 Å². The second-order valence-electron chi connectivity index (χ2n) is 3.17. The predicted octanol–water partition coefficient (Wildman–Crippen LogP) is 1.70. The number of rotatable bonds is 2. The van der Waals surface area contributed by atoms with Gasteiger partial charge in [0, 0.05) is 11.8 Å². The largest absolute Gasteiger partial charge is 0.321 e. The highest BCUT2D eigenvalue weighted by Gasteiger charge is 2.06. The number of aromatic amines is 1. The van der Waals surface area contributed by atoms with Gasteiger partial charge < -0.3 is 5.32 Å². The van der Waals surface area contributed by atoms with Gasteiger partial charge in [-0.15, -0.1) is 0 Å². The first-order valence-corrected chi connectivity index (χ1v) is 4.43. The lowest BCUT2D eigenvalue weighted by Gasteiger charge is -2.02. The van der Waals surface area contributed by atoms with E-state index < -0.39 is 5.82 Å². The van der Waals surface area contributed by atoms with E-state index in [0.29, 0.717) is 11.6 Å². The monoisotopic (exact) mass is 207 g/mol. The highest BCUT2D eigenvalue weighted by atomic mass is 19.1. The number of nitrogens with one attached hydrogen (secondary N) is 2. The summed E-state index contributed by atoms with van der Waals surface area (Å²) < 4.78 is 13.2. The SMILES string of the molecule is Cc1ncc(F)c(Nc2cc(C)[nH]n2)n1. The number of halogens is 1. The third kappa shape index (κ3) is 2.09. The summed E-state index contributed by atoms with van der Waals surface area (Å²) in [5.74, 6) is 0.672.